The van der Waals surface area contributed by atoms with Crippen LogP contribution in [0.3, 0.4) is 0 Å². The van der Waals surface area contributed by atoms with Crippen LogP contribution in [0.25, 0.3) is 0 Å². The van der Waals surface area contributed by atoms with Gasteiger partial charge in [0.2, 0.25) is 10.0 Å². The van der Waals surface area contributed by atoms with Gasteiger partial charge in [-0.2, -0.15) is 5.26 Å². The van der Waals surface area contributed by atoms with Gasteiger partial charge in [-0.3, -0.25) is 0 Å². The van der Waals surface area contributed by atoms with E-state index in [9.17, 15) is 8.42 Å². The molecule has 0 heterocycles. The van der Waals surface area contributed by atoms with Crippen molar-refractivity contribution in [1.29, 1.82) is 5.26 Å². The molecule has 0 aliphatic rings. The zero-order valence-electron chi connectivity index (χ0n) is 12.1. The molecule has 1 aromatic rings. The van der Waals surface area contributed by atoms with Gasteiger partial charge >= 0.3 is 0 Å². The zero-order chi connectivity index (χ0) is 14.1. The third-order valence-corrected chi connectivity index (χ3v) is 3.82. The van der Waals surface area contributed by atoms with Crippen molar-refractivity contribution in [3.63, 3.8) is 0 Å². The number of hydrogen-bond acceptors (Lipinski definition) is 3. The summed E-state index contributed by atoms with van der Waals surface area (Å²) in [4.78, 5) is 0.125. The second kappa shape index (κ2) is 7.32. The first-order valence-electron chi connectivity index (χ1n) is 5.79. The molecule has 0 aliphatic carbocycles. The van der Waals surface area contributed by atoms with Crippen molar-refractivity contribution >= 4 is 61.4 Å². The molecule has 0 spiro atoms. The molecule has 19 heavy (non-hydrogen) atoms. The number of nitrogens with two attached hydrogens (primary N) is 1. The Balaban J connectivity index is 0.00000324. The van der Waals surface area contributed by atoms with Gasteiger partial charge in [-0.15, -0.1) is 0 Å². The molecule has 0 atom stereocenters. The van der Waals surface area contributed by atoms with Crippen LogP contribution < -0.4 is 5.14 Å². The number of nitriles is 1. The predicted molar refractivity (Wildman–Crippen MR) is 76.5 cm³/mol. The maximum atomic E-state index is 11.6. The molecule has 1 rings (SSSR count). The molecule has 0 saturated carbocycles. The van der Waals surface area contributed by atoms with Gasteiger partial charge in [0.1, 0.15) is 0 Å². The van der Waals surface area contributed by atoms with Crippen molar-refractivity contribution in [2.24, 2.45) is 5.14 Å². The van der Waals surface area contributed by atoms with Crippen LogP contribution in [0.2, 0.25) is 0 Å². The Kier molecular flexibility index (Phi) is 7.42. The van der Waals surface area contributed by atoms with Crippen LogP contribution in [0.15, 0.2) is 17.0 Å². The molecule has 6 heteroatoms. The third-order valence-electron chi connectivity index (χ3n) is 2.85. The summed E-state index contributed by atoms with van der Waals surface area (Å²) in [6.45, 7) is 7.58. The van der Waals surface area contributed by atoms with Crippen molar-refractivity contribution in [2.45, 2.75) is 44.4 Å². The Bertz CT molecular complexity index is 602. The maximum absolute atomic E-state index is 11.6. The smallest absolute Gasteiger partial charge is 0.225 e. The minimum atomic E-state index is -3.77. The molecular weight excluding hydrogens is 287 g/mol. The van der Waals surface area contributed by atoms with Gasteiger partial charge in [0.15, 0.2) is 0 Å². The van der Waals surface area contributed by atoms with Crippen molar-refractivity contribution in [1.82, 2.24) is 0 Å². The third kappa shape index (κ3) is 4.64. The van der Waals surface area contributed by atoms with E-state index >= 15 is 0 Å². The van der Waals surface area contributed by atoms with Gasteiger partial charge in [0, 0.05) is 51.4 Å². The molecule has 0 saturated heterocycles. The fourth-order valence-corrected chi connectivity index (χ4v) is 2.80. The molecular formula is C13H18KN2O2S. The number of nitrogens with zero attached hydrogens (tertiary/aromatic N) is 1. The first kappa shape index (κ1) is 19.3. The largest absolute Gasteiger partial charge is 0.238 e. The van der Waals surface area contributed by atoms with E-state index in [4.69, 9.17) is 10.4 Å². The van der Waals surface area contributed by atoms with E-state index in [1.807, 2.05) is 27.7 Å². The molecule has 0 aromatic heterocycles. The maximum Gasteiger partial charge on any atom is 0.238 e. The first-order valence-corrected chi connectivity index (χ1v) is 7.33. The van der Waals surface area contributed by atoms with Crippen molar-refractivity contribution in [2.75, 3.05) is 0 Å². The summed E-state index contributed by atoms with van der Waals surface area (Å²) >= 11 is 0. The number of benzene rings is 1. The Morgan fingerprint density at radius 2 is 1.58 bits per heavy atom. The molecule has 0 aliphatic heterocycles. The monoisotopic (exact) mass is 305 g/mol. The molecule has 1 radical (unpaired) electrons. The van der Waals surface area contributed by atoms with Crippen LogP contribution in [-0.4, -0.2) is 59.8 Å². The van der Waals surface area contributed by atoms with E-state index in [1.54, 1.807) is 6.07 Å². The molecule has 0 amide bonds. The molecule has 2 N–H and O–H groups in total. The summed E-state index contributed by atoms with van der Waals surface area (Å²) in [5, 5.41) is 14.4. The summed E-state index contributed by atoms with van der Waals surface area (Å²) in [6, 6.07) is 5.29. The topological polar surface area (TPSA) is 84.0 Å². The average molecular weight is 305 g/mol. The number of primary sulfonamides is 1. The summed E-state index contributed by atoms with van der Waals surface area (Å²) in [6.07, 6.45) is 0. The Morgan fingerprint density at radius 3 is 1.89 bits per heavy atom. The fourth-order valence-electron chi connectivity index (χ4n) is 1.88. The molecule has 0 bridgehead atoms. The van der Waals surface area contributed by atoms with E-state index in [-0.39, 0.29) is 68.1 Å². The van der Waals surface area contributed by atoms with Crippen molar-refractivity contribution < 1.29 is 8.42 Å². The van der Waals surface area contributed by atoms with Gasteiger partial charge in [-0.05, 0) is 35.1 Å². The van der Waals surface area contributed by atoms with E-state index in [2.05, 4.69) is 6.07 Å². The van der Waals surface area contributed by atoms with Crippen LogP contribution in [-0.2, 0) is 10.0 Å². The fraction of sp³-hybridized carbons (Fsp3) is 0.462. The van der Waals surface area contributed by atoms with Gasteiger partial charge in [-0.25, -0.2) is 13.6 Å². The predicted octanol–water partition coefficient (Wildman–Crippen LogP) is 2.07. The SMILES string of the molecule is CC(C)c1cc(S(N)(=O)=O)c(C(C)C)cc1C#N.[K]. The summed E-state index contributed by atoms with van der Waals surface area (Å²) in [5.41, 5.74) is 1.82. The minimum Gasteiger partial charge on any atom is -0.225 e. The van der Waals surface area contributed by atoms with Crippen LogP contribution in [0.4, 0.5) is 0 Å². The van der Waals surface area contributed by atoms with Gasteiger partial charge in [0.05, 0.1) is 16.5 Å². The summed E-state index contributed by atoms with van der Waals surface area (Å²) in [5.74, 6) is 0.0630. The van der Waals surface area contributed by atoms with E-state index in [0.717, 1.165) is 0 Å². The summed E-state index contributed by atoms with van der Waals surface area (Å²) in [7, 11) is -3.77. The Labute approximate surface area is 157 Å². The first-order chi connectivity index (χ1) is 8.18. The van der Waals surface area contributed by atoms with Crippen molar-refractivity contribution in [3.8, 4) is 6.07 Å². The molecule has 99 valence electrons. The molecule has 1 aromatic carbocycles. The van der Waals surface area contributed by atoms with E-state index in [0.29, 0.717) is 16.7 Å². The minimum absolute atomic E-state index is 0. The van der Waals surface area contributed by atoms with E-state index in [1.165, 1.54) is 6.07 Å². The normalized spacial score (nSPS) is 11.3. The van der Waals surface area contributed by atoms with Crippen LogP contribution >= 0.6 is 0 Å². The Morgan fingerprint density at radius 1 is 1.11 bits per heavy atom. The van der Waals surface area contributed by atoms with Gasteiger partial charge in [-0.1, -0.05) is 27.7 Å². The van der Waals surface area contributed by atoms with Gasteiger partial charge < -0.3 is 0 Å². The van der Waals surface area contributed by atoms with Crippen molar-refractivity contribution in [3.05, 3.63) is 28.8 Å². The zero-order valence-corrected chi connectivity index (χ0v) is 16.0. The molecule has 0 fully saturated rings. The van der Waals surface area contributed by atoms with Crippen LogP contribution in [0.5, 0.6) is 0 Å². The van der Waals surface area contributed by atoms with Crippen LogP contribution in [0.1, 0.15) is 56.2 Å². The molecule has 4 nitrogen and oxygen atoms in total. The second-order valence-electron chi connectivity index (χ2n) is 4.94. The number of rotatable bonds is 3. The quantitative estimate of drug-likeness (QED) is 0.868. The number of sulfonamides is 1. The molecule has 0 unspecified atom stereocenters. The van der Waals surface area contributed by atoms with Crippen LogP contribution in [0, 0.1) is 11.3 Å². The average Bonchev–Trinajstić information content (AvgIpc) is 2.25. The number of hydrogen-bond donors (Lipinski definition) is 1. The summed E-state index contributed by atoms with van der Waals surface area (Å²) < 4.78 is 23.3. The second-order valence-corrected chi connectivity index (χ2v) is 6.47. The Hall–Kier alpha value is 0.256. The standard InChI is InChI=1S/C13H18N2O2S.K/c1-8(2)11-6-13(18(15,16)17)12(9(3)4)5-10(11)7-14;/h5-6,8-9H,1-4H3,(H2,15,16,17);. The van der Waals surface area contributed by atoms with E-state index < -0.39 is 10.0 Å². The van der Waals surface area contributed by atoms with Gasteiger partial charge in [0.25, 0.3) is 0 Å².